The summed E-state index contributed by atoms with van der Waals surface area (Å²) in [6, 6.07) is 10.4. The van der Waals surface area contributed by atoms with Crippen molar-refractivity contribution in [2.24, 2.45) is 0 Å². The average Bonchev–Trinajstić information content (AvgIpc) is 3.03. The van der Waals surface area contributed by atoms with E-state index in [4.69, 9.17) is 4.98 Å². The second-order valence-electron chi connectivity index (χ2n) is 4.68. The molecule has 0 fully saturated rings. The molecule has 0 aromatic carbocycles. The van der Waals surface area contributed by atoms with Crippen LogP contribution in [0.5, 0.6) is 0 Å². The summed E-state index contributed by atoms with van der Waals surface area (Å²) in [4.78, 5) is 4.70. The fourth-order valence-corrected chi connectivity index (χ4v) is 2.51. The number of aromatic amines is 1. The van der Waals surface area contributed by atoms with Gasteiger partial charge in [0.1, 0.15) is 0 Å². The maximum Gasteiger partial charge on any atom is 0.155 e. The highest BCUT2D eigenvalue weighted by Crippen LogP contribution is 2.28. The van der Waals surface area contributed by atoms with Crippen molar-refractivity contribution in [1.82, 2.24) is 19.6 Å². The molecule has 1 N–H and O–H groups in total. The molecule has 4 aromatic heterocycles. The number of hydrogen-bond donors (Lipinski definition) is 1. The van der Waals surface area contributed by atoms with Gasteiger partial charge in [-0.3, -0.25) is 5.10 Å². The third-order valence-corrected chi connectivity index (χ3v) is 3.44. The smallest absolute Gasteiger partial charge is 0.155 e. The van der Waals surface area contributed by atoms with Crippen LogP contribution in [0.25, 0.3) is 27.8 Å². The van der Waals surface area contributed by atoms with Crippen LogP contribution in [0.1, 0.15) is 5.56 Å². The zero-order chi connectivity index (χ0) is 12.8. The number of rotatable bonds is 1. The van der Waals surface area contributed by atoms with Crippen molar-refractivity contribution in [2.45, 2.75) is 6.92 Å². The van der Waals surface area contributed by atoms with Crippen LogP contribution in [0.15, 0.2) is 48.9 Å². The highest BCUT2D eigenvalue weighted by atomic mass is 15.1. The van der Waals surface area contributed by atoms with E-state index in [1.165, 1.54) is 0 Å². The number of nitrogens with one attached hydrogen (secondary N) is 1. The summed E-state index contributed by atoms with van der Waals surface area (Å²) in [7, 11) is 0. The second kappa shape index (κ2) is 3.68. The third kappa shape index (κ3) is 1.46. The zero-order valence-corrected chi connectivity index (χ0v) is 10.5. The molecular formula is C15H12N4. The molecular weight excluding hydrogens is 236 g/mol. The van der Waals surface area contributed by atoms with Crippen molar-refractivity contribution < 1.29 is 0 Å². The Morgan fingerprint density at radius 2 is 2.11 bits per heavy atom. The maximum absolute atomic E-state index is 4.70. The van der Waals surface area contributed by atoms with Crippen LogP contribution >= 0.6 is 0 Å². The molecule has 0 unspecified atom stereocenters. The normalized spacial score (nSPS) is 11.4. The van der Waals surface area contributed by atoms with Crippen molar-refractivity contribution in [3.05, 3.63) is 54.5 Å². The van der Waals surface area contributed by atoms with Crippen molar-refractivity contribution in [3.8, 4) is 11.3 Å². The number of aryl methyl sites for hydroxylation is 1. The molecule has 92 valence electrons. The molecule has 0 spiro atoms. The van der Waals surface area contributed by atoms with Gasteiger partial charge < -0.3 is 4.40 Å². The van der Waals surface area contributed by atoms with Gasteiger partial charge in [0.05, 0.1) is 17.4 Å². The van der Waals surface area contributed by atoms with Crippen molar-refractivity contribution in [2.75, 3.05) is 0 Å². The molecule has 4 heterocycles. The highest BCUT2D eigenvalue weighted by Gasteiger charge is 2.11. The molecule has 0 saturated carbocycles. The van der Waals surface area contributed by atoms with Gasteiger partial charge in [0.15, 0.2) is 5.65 Å². The lowest BCUT2D eigenvalue weighted by Gasteiger charge is -2.04. The molecule has 0 radical (unpaired) electrons. The minimum atomic E-state index is 0.830. The second-order valence-corrected chi connectivity index (χ2v) is 4.68. The molecule has 0 aliphatic rings. The summed E-state index contributed by atoms with van der Waals surface area (Å²) in [5.41, 5.74) is 5.30. The van der Waals surface area contributed by atoms with Crippen LogP contribution in [0.4, 0.5) is 0 Å². The molecule has 0 aliphatic carbocycles. The predicted molar refractivity (Wildman–Crippen MR) is 75.0 cm³/mol. The lowest BCUT2D eigenvalue weighted by Crippen LogP contribution is -1.89. The Bertz CT molecular complexity index is 885. The summed E-state index contributed by atoms with van der Waals surface area (Å²) >= 11 is 0. The van der Waals surface area contributed by atoms with E-state index in [9.17, 15) is 0 Å². The fourth-order valence-electron chi connectivity index (χ4n) is 2.51. The van der Waals surface area contributed by atoms with Crippen LogP contribution in [0.3, 0.4) is 0 Å². The van der Waals surface area contributed by atoms with Crippen LogP contribution in [-0.4, -0.2) is 19.6 Å². The minimum absolute atomic E-state index is 0.830. The molecule has 4 aromatic rings. The zero-order valence-electron chi connectivity index (χ0n) is 10.5. The molecule has 0 bridgehead atoms. The SMILES string of the molecule is Cc1cc2cn[nH]c2nc1-c1ccn2ccccc12. The van der Waals surface area contributed by atoms with E-state index in [2.05, 4.69) is 45.9 Å². The van der Waals surface area contributed by atoms with Gasteiger partial charge in [0.2, 0.25) is 0 Å². The first-order valence-corrected chi connectivity index (χ1v) is 6.20. The molecule has 0 saturated heterocycles. The van der Waals surface area contributed by atoms with Crippen LogP contribution in [0, 0.1) is 6.92 Å². The van der Waals surface area contributed by atoms with Crippen molar-refractivity contribution in [1.29, 1.82) is 0 Å². The maximum atomic E-state index is 4.70. The van der Waals surface area contributed by atoms with Gasteiger partial charge >= 0.3 is 0 Å². The van der Waals surface area contributed by atoms with E-state index in [0.29, 0.717) is 0 Å². The van der Waals surface area contributed by atoms with Crippen molar-refractivity contribution in [3.63, 3.8) is 0 Å². The molecule has 0 amide bonds. The van der Waals surface area contributed by atoms with E-state index in [1.54, 1.807) is 6.20 Å². The van der Waals surface area contributed by atoms with Gasteiger partial charge in [-0.05, 0) is 36.8 Å². The molecule has 19 heavy (non-hydrogen) atoms. The topological polar surface area (TPSA) is 46.0 Å². The van der Waals surface area contributed by atoms with Gasteiger partial charge in [0.25, 0.3) is 0 Å². The average molecular weight is 248 g/mol. The molecule has 4 rings (SSSR count). The van der Waals surface area contributed by atoms with E-state index >= 15 is 0 Å². The van der Waals surface area contributed by atoms with Crippen molar-refractivity contribution >= 4 is 16.6 Å². The summed E-state index contributed by atoms with van der Waals surface area (Å²) in [6.45, 7) is 2.08. The minimum Gasteiger partial charge on any atom is -0.323 e. The Morgan fingerprint density at radius 1 is 1.16 bits per heavy atom. The monoisotopic (exact) mass is 248 g/mol. The molecule has 0 atom stereocenters. The first-order valence-electron chi connectivity index (χ1n) is 6.20. The van der Waals surface area contributed by atoms with Crippen LogP contribution in [-0.2, 0) is 0 Å². The quantitative estimate of drug-likeness (QED) is 0.562. The molecule has 4 nitrogen and oxygen atoms in total. The standard InChI is InChI=1S/C15H12N4/c1-10-8-11-9-16-18-15(11)17-14(10)12-5-7-19-6-3-2-4-13(12)19/h2-9H,1H3,(H,16,17,18). The lowest BCUT2D eigenvalue weighted by atomic mass is 10.1. The van der Waals surface area contributed by atoms with Gasteiger partial charge in [-0.15, -0.1) is 0 Å². The summed E-state index contributed by atoms with van der Waals surface area (Å²) in [5, 5.41) is 8.01. The van der Waals surface area contributed by atoms with Gasteiger partial charge in [-0.25, -0.2) is 4.98 Å². The Hall–Kier alpha value is -2.62. The Labute approximate surface area is 109 Å². The number of H-pyrrole nitrogens is 1. The number of fused-ring (bicyclic) bond motifs is 2. The highest BCUT2D eigenvalue weighted by molar-refractivity contribution is 5.85. The Morgan fingerprint density at radius 3 is 3.05 bits per heavy atom. The van der Waals surface area contributed by atoms with Gasteiger partial charge in [-0.1, -0.05) is 6.07 Å². The number of nitrogens with zero attached hydrogens (tertiary/aromatic N) is 3. The predicted octanol–water partition coefficient (Wildman–Crippen LogP) is 3.19. The van der Waals surface area contributed by atoms with E-state index < -0.39 is 0 Å². The van der Waals surface area contributed by atoms with Crippen LogP contribution in [0.2, 0.25) is 0 Å². The first kappa shape index (κ1) is 10.3. The summed E-state index contributed by atoms with van der Waals surface area (Å²) in [6.07, 6.45) is 5.91. The largest absolute Gasteiger partial charge is 0.323 e. The Kier molecular flexibility index (Phi) is 2.00. The van der Waals surface area contributed by atoms with Crippen LogP contribution < -0.4 is 0 Å². The Balaban J connectivity index is 2.05. The van der Waals surface area contributed by atoms with E-state index in [1.807, 2.05) is 18.3 Å². The fraction of sp³-hybridized carbons (Fsp3) is 0.0667. The lowest BCUT2D eigenvalue weighted by molar-refractivity contribution is 1.10. The summed E-state index contributed by atoms with van der Waals surface area (Å²) in [5.74, 6) is 0. The number of aromatic nitrogens is 4. The van der Waals surface area contributed by atoms with Gasteiger partial charge in [-0.2, -0.15) is 5.10 Å². The first-order chi connectivity index (χ1) is 9.33. The van der Waals surface area contributed by atoms with Gasteiger partial charge in [0, 0.05) is 23.3 Å². The molecule has 0 aliphatic heterocycles. The summed E-state index contributed by atoms with van der Waals surface area (Å²) < 4.78 is 2.10. The third-order valence-electron chi connectivity index (χ3n) is 3.44. The van der Waals surface area contributed by atoms with E-state index in [0.717, 1.165) is 33.4 Å². The number of hydrogen-bond acceptors (Lipinski definition) is 2. The molecule has 4 heteroatoms. The number of pyridine rings is 2. The van der Waals surface area contributed by atoms with E-state index in [-0.39, 0.29) is 0 Å².